The van der Waals surface area contributed by atoms with E-state index in [1.807, 2.05) is 42.5 Å². The lowest BCUT2D eigenvalue weighted by Crippen LogP contribution is -2.26. The van der Waals surface area contributed by atoms with Gasteiger partial charge >= 0.3 is 0 Å². The molecule has 0 bridgehead atoms. The average Bonchev–Trinajstić information content (AvgIpc) is 2.83. The quantitative estimate of drug-likeness (QED) is 0.389. The first-order valence-corrected chi connectivity index (χ1v) is 10.0. The van der Waals surface area contributed by atoms with Crippen molar-refractivity contribution in [1.82, 2.24) is 15.3 Å². The molecule has 0 unspecified atom stereocenters. The summed E-state index contributed by atoms with van der Waals surface area (Å²) in [6, 6.07) is 20.4. The lowest BCUT2D eigenvalue weighted by atomic mass is 10.1. The Bertz CT molecular complexity index is 1240. The van der Waals surface area contributed by atoms with E-state index in [4.69, 9.17) is 14.6 Å². The molecule has 4 aromatic rings. The molecule has 1 aromatic heterocycles. The number of aliphatic hydroxyl groups excluding tert-OH is 1. The van der Waals surface area contributed by atoms with Crippen molar-refractivity contribution in [2.75, 3.05) is 25.6 Å². The third kappa shape index (κ3) is 4.76. The van der Waals surface area contributed by atoms with Gasteiger partial charge in [-0.25, -0.2) is 4.98 Å². The van der Waals surface area contributed by atoms with Gasteiger partial charge in [-0.15, -0.1) is 0 Å². The number of rotatable bonds is 8. The van der Waals surface area contributed by atoms with Crippen LogP contribution < -0.4 is 20.1 Å². The van der Waals surface area contributed by atoms with E-state index in [1.165, 1.54) is 7.11 Å². The van der Waals surface area contributed by atoms with Gasteiger partial charge in [-0.2, -0.15) is 4.98 Å². The Morgan fingerprint density at radius 1 is 1.03 bits per heavy atom. The molecule has 4 rings (SSSR count). The Balaban J connectivity index is 1.54. The molecule has 8 heteroatoms. The summed E-state index contributed by atoms with van der Waals surface area (Å²) < 4.78 is 11.4. The molecular formula is C24H22N4O4. The largest absolute Gasteiger partial charge is 0.495 e. The molecule has 0 aliphatic carbocycles. The van der Waals surface area contributed by atoms with E-state index in [-0.39, 0.29) is 19.1 Å². The van der Waals surface area contributed by atoms with Gasteiger partial charge in [0.05, 0.1) is 19.4 Å². The molecular weight excluding hydrogens is 408 g/mol. The number of fused-ring (bicyclic) bond motifs is 1. The topological polar surface area (TPSA) is 106 Å². The van der Waals surface area contributed by atoms with Crippen LogP contribution in [0.25, 0.3) is 10.8 Å². The molecule has 8 nitrogen and oxygen atoms in total. The number of nitrogens with one attached hydrogen (secondary N) is 2. The van der Waals surface area contributed by atoms with Gasteiger partial charge in [0.2, 0.25) is 11.8 Å². The van der Waals surface area contributed by atoms with E-state index in [1.54, 1.807) is 30.5 Å². The summed E-state index contributed by atoms with van der Waals surface area (Å²) in [7, 11) is 1.51. The third-order valence-electron chi connectivity index (χ3n) is 4.70. The summed E-state index contributed by atoms with van der Waals surface area (Å²) >= 11 is 0. The fraction of sp³-hybridized carbons (Fsp3) is 0.125. The number of carbonyl (C=O) groups is 1. The van der Waals surface area contributed by atoms with Crippen LogP contribution >= 0.6 is 0 Å². The molecule has 0 spiro atoms. The number of nitrogens with zero attached hydrogens (tertiary/aromatic N) is 2. The zero-order chi connectivity index (χ0) is 22.3. The summed E-state index contributed by atoms with van der Waals surface area (Å²) in [4.78, 5) is 20.8. The van der Waals surface area contributed by atoms with E-state index in [0.717, 1.165) is 10.8 Å². The first kappa shape index (κ1) is 21.1. The lowest BCUT2D eigenvalue weighted by molar-refractivity contribution is 0.0944. The maximum atomic E-state index is 12.1. The van der Waals surface area contributed by atoms with E-state index in [0.29, 0.717) is 34.6 Å². The minimum atomic E-state index is -0.300. The summed E-state index contributed by atoms with van der Waals surface area (Å²) in [6.45, 7) is 0.0511. The highest BCUT2D eigenvalue weighted by molar-refractivity contribution is 5.95. The number of aromatic nitrogens is 2. The van der Waals surface area contributed by atoms with Crippen molar-refractivity contribution in [1.29, 1.82) is 0 Å². The van der Waals surface area contributed by atoms with Gasteiger partial charge in [0.1, 0.15) is 11.5 Å². The first-order valence-electron chi connectivity index (χ1n) is 10.0. The number of hydrogen-bond acceptors (Lipinski definition) is 7. The number of methoxy groups -OCH3 is 1. The van der Waals surface area contributed by atoms with Crippen molar-refractivity contribution < 1.29 is 19.4 Å². The van der Waals surface area contributed by atoms with Crippen molar-refractivity contribution in [2.24, 2.45) is 0 Å². The van der Waals surface area contributed by atoms with Gasteiger partial charge < -0.3 is 25.2 Å². The van der Waals surface area contributed by atoms with E-state index < -0.39 is 0 Å². The van der Waals surface area contributed by atoms with Gasteiger partial charge in [0.25, 0.3) is 5.91 Å². The number of carbonyl (C=O) groups excluding carboxylic acids is 1. The molecule has 0 saturated carbocycles. The number of benzene rings is 3. The SMILES string of the molecule is COc1cc(C(=O)NCCO)ccc1Nc1nccc(Oc2cccc3ccccc23)n1. The fourth-order valence-electron chi connectivity index (χ4n) is 3.18. The van der Waals surface area contributed by atoms with Crippen molar-refractivity contribution in [3.05, 3.63) is 78.5 Å². The smallest absolute Gasteiger partial charge is 0.251 e. The van der Waals surface area contributed by atoms with E-state index in [2.05, 4.69) is 20.6 Å². The first-order chi connectivity index (χ1) is 15.7. The molecule has 0 aliphatic rings. The molecule has 0 saturated heterocycles. The molecule has 3 N–H and O–H groups in total. The highest BCUT2D eigenvalue weighted by Crippen LogP contribution is 2.31. The minimum absolute atomic E-state index is 0.128. The number of aliphatic hydroxyl groups is 1. The molecule has 1 amide bonds. The number of hydrogen-bond donors (Lipinski definition) is 3. The fourth-order valence-corrected chi connectivity index (χ4v) is 3.18. The van der Waals surface area contributed by atoms with Crippen LogP contribution in [0, 0.1) is 0 Å². The number of ether oxygens (including phenoxy) is 2. The van der Waals surface area contributed by atoms with Crippen LogP contribution in [0.15, 0.2) is 72.9 Å². The maximum Gasteiger partial charge on any atom is 0.251 e. The predicted molar refractivity (Wildman–Crippen MR) is 122 cm³/mol. The van der Waals surface area contributed by atoms with Crippen LogP contribution in [0.2, 0.25) is 0 Å². The highest BCUT2D eigenvalue weighted by atomic mass is 16.5. The normalized spacial score (nSPS) is 10.6. The number of amides is 1. The average molecular weight is 430 g/mol. The van der Waals surface area contributed by atoms with Gasteiger partial charge in [0, 0.05) is 29.8 Å². The van der Waals surface area contributed by atoms with Gasteiger partial charge in [0.15, 0.2) is 0 Å². The van der Waals surface area contributed by atoms with Crippen LogP contribution in [-0.4, -0.2) is 41.2 Å². The molecule has 0 aliphatic heterocycles. The van der Waals surface area contributed by atoms with Crippen LogP contribution in [0.5, 0.6) is 17.4 Å². The second-order valence-corrected chi connectivity index (χ2v) is 6.82. The minimum Gasteiger partial charge on any atom is -0.495 e. The summed E-state index contributed by atoms with van der Waals surface area (Å²) in [5.74, 6) is 1.55. The summed E-state index contributed by atoms with van der Waals surface area (Å²) in [5, 5.41) is 16.6. The third-order valence-corrected chi connectivity index (χ3v) is 4.70. The Kier molecular flexibility index (Phi) is 6.43. The highest BCUT2D eigenvalue weighted by Gasteiger charge is 2.12. The van der Waals surface area contributed by atoms with Crippen molar-refractivity contribution in [3.63, 3.8) is 0 Å². The molecule has 32 heavy (non-hydrogen) atoms. The van der Waals surface area contributed by atoms with Gasteiger partial charge in [-0.3, -0.25) is 4.79 Å². The van der Waals surface area contributed by atoms with Crippen LogP contribution in [-0.2, 0) is 0 Å². The maximum absolute atomic E-state index is 12.1. The molecule has 0 radical (unpaired) electrons. The Morgan fingerprint density at radius 2 is 1.88 bits per heavy atom. The molecule has 3 aromatic carbocycles. The Labute approximate surface area is 184 Å². The van der Waals surface area contributed by atoms with E-state index >= 15 is 0 Å². The van der Waals surface area contributed by atoms with Crippen LogP contribution in [0.1, 0.15) is 10.4 Å². The van der Waals surface area contributed by atoms with Crippen molar-refractivity contribution in [2.45, 2.75) is 0 Å². The lowest BCUT2D eigenvalue weighted by Gasteiger charge is -2.13. The molecule has 162 valence electrons. The van der Waals surface area contributed by atoms with Crippen molar-refractivity contribution >= 4 is 28.3 Å². The molecule has 0 atom stereocenters. The second-order valence-electron chi connectivity index (χ2n) is 6.82. The van der Waals surface area contributed by atoms with Crippen molar-refractivity contribution in [3.8, 4) is 17.4 Å². The van der Waals surface area contributed by atoms with Crippen LogP contribution in [0.3, 0.4) is 0 Å². The number of anilines is 2. The molecule has 0 fully saturated rings. The predicted octanol–water partition coefficient (Wildman–Crippen LogP) is 3.90. The zero-order valence-corrected chi connectivity index (χ0v) is 17.4. The monoisotopic (exact) mass is 430 g/mol. The summed E-state index contributed by atoms with van der Waals surface area (Å²) in [6.07, 6.45) is 1.60. The van der Waals surface area contributed by atoms with E-state index in [9.17, 15) is 4.79 Å². The Hall–Kier alpha value is -4.17. The second kappa shape index (κ2) is 9.76. The standard InChI is InChI=1S/C24H22N4O4/c1-31-21-15-17(23(30)25-13-14-29)9-10-19(21)27-24-26-12-11-22(28-24)32-20-8-4-6-16-5-2-3-7-18(16)20/h2-12,15,29H,13-14H2,1H3,(H,25,30)(H,26,27,28). The van der Waals surface area contributed by atoms with Gasteiger partial charge in [-0.1, -0.05) is 36.4 Å². The van der Waals surface area contributed by atoms with Crippen LogP contribution in [0.4, 0.5) is 11.6 Å². The Morgan fingerprint density at radius 3 is 2.72 bits per heavy atom. The van der Waals surface area contributed by atoms with Gasteiger partial charge in [-0.05, 0) is 29.7 Å². The molecule has 1 heterocycles. The zero-order valence-electron chi connectivity index (χ0n) is 17.4. The summed E-state index contributed by atoms with van der Waals surface area (Å²) in [5.41, 5.74) is 1.00.